The normalized spacial score (nSPS) is 15.5. The first kappa shape index (κ1) is 28.3. The Bertz CT molecular complexity index is 1380. The standard InChI is InChI=1S/C30H40N6O3/c1-4-35-17-7-9-22(35)19-33-26(37)10-6-8-20-11-13-21(14-12-20)25-16-15-23-28(39)24(18-27(38)32-3)29(31)36(5-2)30(23)34-25/h11-16,22H,4-10,17-19,31H2,1-3H3,(H,32,38)(H,33,37). The molecule has 1 unspecified atom stereocenters. The molecule has 1 aromatic carbocycles. The third-order valence-corrected chi connectivity index (χ3v) is 7.74. The second kappa shape index (κ2) is 12.9. The van der Waals surface area contributed by atoms with Gasteiger partial charge in [0, 0.05) is 43.7 Å². The van der Waals surface area contributed by atoms with E-state index in [1.54, 1.807) is 10.6 Å². The first-order valence-corrected chi connectivity index (χ1v) is 14.0. The fourth-order valence-electron chi connectivity index (χ4n) is 5.45. The summed E-state index contributed by atoms with van der Waals surface area (Å²) < 4.78 is 1.78. The van der Waals surface area contributed by atoms with Gasteiger partial charge in [-0.25, -0.2) is 4.98 Å². The molecule has 9 nitrogen and oxygen atoms in total. The van der Waals surface area contributed by atoms with Gasteiger partial charge in [-0.15, -0.1) is 0 Å². The summed E-state index contributed by atoms with van der Waals surface area (Å²) in [7, 11) is 1.53. The number of carbonyl (C=O) groups is 2. The number of benzene rings is 1. The molecular formula is C30H40N6O3. The number of anilines is 1. The number of nitrogen functional groups attached to an aromatic ring is 1. The molecule has 1 fully saturated rings. The molecule has 4 N–H and O–H groups in total. The average Bonchev–Trinajstić information content (AvgIpc) is 3.42. The molecule has 0 bridgehead atoms. The van der Waals surface area contributed by atoms with Gasteiger partial charge in [0.05, 0.1) is 17.5 Å². The lowest BCUT2D eigenvalue weighted by atomic mass is 10.0. The van der Waals surface area contributed by atoms with Crippen LogP contribution in [0.4, 0.5) is 5.82 Å². The van der Waals surface area contributed by atoms with E-state index >= 15 is 0 Å². The highest BCUT2D eigenvalue weighted by atomic mass is 16.2. The predicted molar refractivity (Wildman–Crippen MR) is 156 cm³/mol. The number of hydrogen-bond acceptors (Lipinski definition) is 6. The summed E-state index contributed by atoms with van der Waals surface area (Å²) in [5.74, 6) is 0.127. The summed E-state index contributed by atoms with van der Waals surface area (Å²) in [5, 5.41) is 6.10. The summed E-state index contributed by atoms with van der Waals surface area (Å²) in [6, 6.07) is 12.2. The van der Waals surface area contributed by atoms with Crippen LogP contribution in [0.3, 0.4) is 0 Å². The average molecular weight is 533 g/mol. The van der Waals surface area contributed by atoms with Crippen molar-refractivity contribution < 1.29 is 9.59 Å². The van der Waals surface area contributed by atoms with E-state index in [0.29, 0.717) is 30.0 Å². The van der Waals surface area contributed by atoms with Crippen LogP contribution in [-0.4, -0.2) is 59.0 Å². The highest BCUT2D eigenvalue weighted by molar-refractivity contribution is 5.85. The Morgan fingerprint density at radius 1 is 1.08 bits per heavy atom. The molecule has 1 aliphatic heterocycles. The van der Waals surface area contributed by atoms with Crippen LogP contribution in [0.2, 0.25) is 0 Å². The minimum absolute atomic E-state index is 0.0695. The number of hydrogen-bond donors (Lipinski definition) is 3. The number of likely N-dealkylation sites (N-methyl/N-ethyl adjacent to an activating group) is 2. The Morgan fingerprint density at radius 2 is 1.85 bits per heavy atom. The molecule has 1 atom stereocenters. The predicted octanol–water partition coefficient (Wildman–Crippen LogP) is 2.88. The van der Waals surface area contributed by atoms with Gasteiger partial charge < -0.3 is 20.9 Å². The number of rotatable bonds is 11. The Hall–Kier alpha value is -3.72. The number of fused-ring (bicyclic) bond motifs is 1. The zero-order valence-corrected chi connectivity index (χ0v) is 23.3. The van der Waals surface area contributed by atoms with E-state index in [2.05, 4.69) is 34.6 Å². The lowest BCUT2D eigenvalue weighted by molar-refractivity contribution is -0.121. The molecule has 4 rings (SSSR count). The maximum Gasteiger partial charge on any atom is 0.224 e. The topological polar surface area (TPSA) is 122 Å². The number of nitrogens with one attached hydrogen (secondary N) is 2. The number of nitrogens with two attached hydrogens (primary N) is 1. The molecule has 9 heteroatoms. The van der Waals surface area contributed by atoms with Gasteiger partial charge in [0.1, 0.15) is 11.5 Å². The van der Waals surface area contributed by atoms with Gasteiger partial charge >= 0.3 is 0 Å². The first-order chi connectivity index (χ1) is 18.9. The zero-order valence-electron chi connectivity index (χ0n) is 23.3. The van der Waals surface area contributed by atoms with Gasteiger partial charge in [0.15, 0.2) is 5.43 Å². The van der Waals surface area contributed by atoms with Crippen LogP contribution < -0.4 is 21.8 Å². The Morgan fingerprint density at radius 3 is 2.54 bits per heavy atom. The maximum atomic E-state index is 13.1. The minimum Gasteiger partial charge on any atom is -0.385 e. The molecule has 3 aromatic rings. The van der Waals surface area contributed by atoms with E-state index in [9.17, 15) is 14.4 Å². The van der Waals surface area contributed by atoms with Crippen LogP contribution in [0.5, 0.6) is 0 Å². The molecule has 0 spiro atoms. The van der Waals surface area contributed by atoms with Gasteiger partial charge in [-0.1, -0.05) is 31.2 Å². The molecule has 0 saturated carbocycles. The van der Waals surface area contributed by atoms with Crippen LogP contribution in [0, 0.1) is 0 Å². The van der Waals surface area contributed by atoms with Gasteiger partial charge in [-0.3, -0.25) is 19.3 Å². The third-order valence-electron chi connectivity index (χ3n) is 7.74. The second-order valence-electron chi connectivity index (χ2n) is 10.1. The van der Waals surface area contributed by atoms with Gasteiger partial charge in [-0.2, -0.15) is 0 Å². The van der Waals surface area contributed by atoms with Crippen LogP contribution in [0.1, 0.15) is 50.7 Å². The van der Waals surface area contributed by atoms with Crippen molar-refractivity contribution in [1.82, 2.24) is 25.1 Å². The van der Waals surface area contributed by atoms with Crippen molar-refractivity contribution in [2.45, 2.75) is 65.0 Å². The fraction of sp³-hybridized carbons (Fsp3) is 0.467. The quantitative estimate of drug-likeness (QED) is 0.349. The van der Waals surface area contributed by atoms with Crippen LogP contribution in [0.15, 0.2) is 41.2 Å². The van der Waals surface area contributed by atoms with Gasteiger partial charge in [-0.05, 0) is 63.4 Å². The molecular weight excluding hydrogens is 492 g/mol. The van der Waals surface area contributed by atoms with E-state index in [-0.39, 0.29) is 35.0 Å². The van der Waals surface area contributed by atoms with Crippen LogP contribution in [-0.2, 0) is 29.0 Å². The van der Waals surface area contributed by atoms with Crippen molar-refractivity contribution in [3.8, 4) is 11.3 Å². The highest BCUT2D eigenvalue weighted by Gasteiger charge is 2.23. The number of nitrogens with zero attached hydrogens (tertiary/aromatic N) is 3. The van der Waals surface area contributed by atoms with E-state index in [4.69, 9.17) is 10.7 Å². The molecule has 39 heavy (non-hydrogen) atoms. The third kappa shape index (κ3) is 6.47. The lowest BCUT2D eigenvalue weighted by Crippen LogP contribution is -2.39. The van der Waals surface area contributed by atoms with Crippen molar-refractivity contribution in [3.05, 3.63) is 57.7 Å². The van der Waals surface area contributed by atoms with Crippen LogP contribution >= 0.6 is 0 Å². The van der Waals surface area contributed by atoms with Crippen molar-refractivity contribution in [3.63, 3.8) is 0 Å². The number of amides is 2. The molecule has 1 aliphatic rings. The van der Waals surface area contributed by atoms with Crippen LogP contribution in [0.25, 0.3) is 22.3 Å². The fourth-order valence-corrected chi connectivity index (χ4v) is 5.45. The lowest BCUT2D eigenvalue weighted by Gasteiger charge is -2.22. The first-order valence-electron chi connectivity index (χ1n) is 14.0. The number of likely N-dealkylation sites (tertiary alicyclic amines) is 1. The monoisotopic (exact) mass is 532 g/mol. The number of aryl methyl sites for hydroxylation is 2. The summed E-state index contributed by atoms with van der Waals surface area (Å²) in [6.07, 6.45) is 4.44. The summed E-state index contributed by atoms with van der Waals surface area (Å²) in [5.41, 5.74) is 9.68. The largest absolute Gasteiger partial charge is 0.385 e. The summed E-state index contributed by atoms with van der Waals surface area (Å²) in [6.45, 7) is 7.54. The number of aromatic nitrogens is 2. The summed E-state index contributed by atoms with van der Waals surface area (Å²) >= 11 is 0. The van der Waals surface area contributed by atoms with Gasteiger partial charge in [0.25, 0.3) is 0 Å². The molecule has 0 aliphatic carbocycles. The molecule has 0 radical (unpaired) electrons. The summed E-state index contributed by atoms with van der Waals surface area (Å²) in [4.78, 5) is 44.6. The maximum absolute atomic E-state index is 13.1. The van der Waals surface area contributed by atoms with Gasteiger partial charge in [0.2, 0.25) is 11.8 Å². The van der Waals surface area contributed by atoms with Crippen molar-refractivity contribution in [2.24, 2.45) is 0 Å². The molecule has 1 saturated heterocycles. The number of pyridine rings is 2. The molecule has 3 heterocycles. The van der Waals surface area contributed by atoms with E-state index < -0.39 is 0 Å². The van der Waals surface area contributed by atoms with Crippen molar-refractivity contribution in [1.29, 1.82) is 0 Å². The van der Waals surface area contributed by atoms with E-state index in [0.717, 1.165) is 55.7 Å². The van der Waals surface area contributed by atoms with E-state index in [1.807, 2.05) is 25.1 Å². The SMILES string of the molecule is CCN1CCCC1CNC(=O)CCCc1ccc(-c2ccc3c(=O)c(CC(=O)NC)c(N)n(CC)c3n2)cc1. The van der Waals surface area contributed by atoms with Crippen molar-refractivity contribution >= 4 is 28.7 Å². The minimum atomic E-state index is -0.265. The molecule has 2 amide bonds. The number of carbonyl (C=O) groups excluding carboxylic acids is 2. The van der Waals surface area contributed by atoms with Crippen molar-refractivity contribution in [2.75, 3.05) is 32.4 Å². The molecule has 2 aromatic heterocycles. The Balaban J connectivity index is 1.40. The van der Waals surface area contributed by atoms with E-state index in [1.165, 1.54) is 13.5 Å². The smallest absolute Gasteiger partial charge is 0.224 e. The Labute approximate surface area is 229 Å². The molecule has 208 valence electrons. The highest BCUT2D eigenvalue weighted by Crippen LogP contribution is 2.24. The Kier molecular flexibility index (Phi) is 9.35. The zero-order chi connectivity index (χ0) is 27.9. The second-order valence-corrected chi connectivity index (χ2v) is 10.1.